The van der Waals surface area contributed by atoms with Crippen LogP contribution in [0.4, 0.5) is 18.9 Å². The van der Waals surface area contributed by atoms with E-state index in [0.29, 0.717) is 25.4 Å². The fourth-order valence-corrected chi connectivity index (χ4v) is 4.11. The fourth-order valence-electron chi connectivity index (χ4n) is 4.11. The molecule has 1 atom stereocenters. The lowest BCUT2D eigenvalue weighted by Gasteiger charge is -2.51. The number of nitrogens with zero attached hydrogens (tertiary/aromatic N) is 3. The number of aliphatic carboxylic acids is 1. The first kappa shape index (κ1) is 24.0. The van der Waals surface area contributed by atoms with Gasteiger partial charge in [-0.1, -0.05) is 0 Å². The first-order valence-electron chi connectivity index (χ1n) is 10.5. The minimum atomic E-state index is -5.08. The number of halogens is 3. The number of carboxylic acids is 1. The minimum absolute atomic E-state index is 0.0293. The molecule has 176 valence electrons. The summed E-state index contributed by atoms with van der Waals surface area (Å²) in [6.45, 7) is 3.57. The lowest BCUT2D eigenvalue weighted by molar-refractivity contribution is -0.192. The standard InChI is InChI=1S/C19H25N3O3.C2HF3O2/c1-14-19(6-9-21(10-7-19)17(23)11-15-4-5-15)25-13-18(24)22(14)16-3-2-8-20-12-16;3-2(4,5)1(6)7/h2-3,8,12,14-15H,4-7,9-11,13H2,1H3;(H,6,7). The molecule has 1 N–H and O–H groups in total. The molecule has 2 saturated heterocycles. The van der Waals surface area contributed by atoms with Crippen LogP contribution in [0.3, 0.4) is 0 Å². The third kappa shape index (κ3) is 5.56. The fraction of sp³-hybridized carbons (Fsp3) is 0.619. The third-order valence-electron chi connectivity index (χ3n) is 6.19. The summed E-state index contributed by atoms with van der Waals surface area (Å²) in [4.78, 5) is 41.6. The molecule has 4 rings (SSSR count). The average molecular weight is 457 g/mol. The number of alkyl halides is 3. The van der Waals surface area contributed by atoms with E-state index in [1.807, 2.05) is 28.9 Å². The number of carbonyl (C=O) groups excluding carboxylic acids is 2. The second-order valence-corrected chi connectivity index (χ2v) is 8.34. The Hall–Kier alpha value is -2.69. The predicted octanol–water partition coefficient (Wildman–Crippen LogP) is 2.63. The number of amides is 2. The molecule has 0 aromatic carbocycles. The molecule has 11 heteroatoms. The molecule has 2 aliphatic heterocycles. The van der Waals surface area contributed by atoms with Crippen molar-refractivity contribution in [1.82, 2.24) is 9.88 Å². The molecule has 0 radical (unpaired) electrons. The summed E-state index contributed by atoms with van der Waals surface area (Å²) in [5, 5.41) is 7.12. The molecule has 3 fully saturated rings. The topological polar surface area (TPSA) is 100 Å². The zero-order valence-corrected chi connectivity index (χ0v) is 17.7. The van der Waals surface area contributed by atoms with E-state index in [2.05, 4.69) is 4.98 Å². The molecule has 32 heavy (non-hydrogen) atoms. The van der Waals surface area contributed by atoms with Crippen LogP contribution in [0.1, 0.15) is 39.0 Å². The summed E-state index contributed by atoms with van der Waals surface area (Å²) < 4.78 is 37.8. The maximum Gasteiger partial charge on any atom is 0.490 e. The van der Waals surface area contributed by atoms with Crippen molar-refractivity contribution in [1.29, 1.82) is 0 Å². The SMILES string of the molecule is CC1N(c2cccnc2)C(=O)COC12CCN(C(=O)CC1CC1)CC2.O=C(O)C(F)(F)F. The molecule has 2 amide bonds. The zero-order valence-electron chi connectivity index (χ0n) is 17.7. The number of hydrogen-bond donors (Lipinski definition) is 1. The van der Waals surface area contributed by atoms with Crippen molar-refractivity contribution in [2.45, 2.75) is 56.8 Å². The van der Waals surface area contributed by atoms with E-state index in [4.69, 9.17) is 14.6 Å². The molecule has 3 heterocycles. The van der Waals surface area contributed by atoms with Crippen LogP contribution in [0, 0.1) is 5.92 Å². The van der Waals surface area contributed by atoms with E-state index < -0.39 is 12.1 Å². The maximum atomic E-state index is 12.4. The molecular formula is C21H26F3N3O5. The Morgan fingerprint density at radius 1 is 1.28 bits per heavy atom. The number of rotatable bonds is 3. The number of hydrogen-bond acceptors (Lipinski definition) is 5. The van der Waals surface area contributed by atoms with Gasteiger partial charge in [0.05, 0.1) is 23.5 Å². The molecule has 1 aromatic heterocycles. The second-order valence-electron chi connectivity index (χ2n) is 8.34. The summed E-state index contributed by atoms with van der Waals surface area (Å²) in [6, 6.07) is 3.68. The van der Waals surface area contributed by atoms with Gasteiger partial charge < -0.3 is 19.6 Å². The molecule has 1 aromatic rings. The smallest absolute Gasteiger partial charge is 0.475 e. The normalized spacial score (nSPS) is 22.9. The second kappa shape index (κ2) is 9.43. The lowest BCUT2D eigenvalue weighted by Crippen LogP contribution is -2.64. The Morgan fingerprint density at radius 2 is 1.91 bits per heavy atom. The van der Waals surface area contributed by atoms with Gasteiger partial charge in [0, 0.05) is 25.7 Å². The van der Waals surface area contributed by atoms with Gasteiger partial charge in [0.15, 0.2) is 0 Å². The molecule has 1 spiro atoms. The Kier molecular flexibility index (Phi) is 7.06. The molecule has 1 unspecified atom stereocenters. The van der Waals surface area contributed by atoms with Crippen molar-refractivity contribution >= 4 is 23.5 Å². The number of likely N-dealkylation sites (tertiary alicyclic amines) is 1. The Balaban J connectivity index is 0.000000360. The van der Waals surface area contributed by atoms with Gasteiger partial charge in [-0.15, -0.1) is 0 Å². The first-order valence-corrected chi connectivity index (χ1v) is 10.5. The molecule has 1 aliphatic carbocycles. The van der Waals surface area contributed by atoms with Gasteiger partial charge in [0.25, 0.3) is 5.91 Å². The highest BCUT2D eigenvalue weighted by Crippen LogP contribution is 2.38. The number of anilines is 1. The lowest BCUT2D eigenvalue weighted by atomic mass is 9.82. The van der Waals surface area contributed by atoms with E-state index in [1.165, 1.54) is 12.8 Å². The number of carboxylic acid groups (broad SMARTS) is 1. The Labute approximate surface area is 183 Å². The highest BCUT2D eigenvalue weighted by atomic mass is 19.4. The Bertz CT molecular complexity index is 837. The van der Waals surface area contributed by atoms with Crippen LogP contribution in [-0.2, 0) is 19.1 Å². The summed E-state index contributed by atoms with van der Waals surface area (Å²) >= 11 is 0. The van der Waals surface area contributed by atoms with Gasteiger partial charge in [-0.3, -0.25) is 14.6 Å². The van der Waals surface area contributed by atoms with Crippen molar-refractivity contribution in [3.8, 4) is 0 Å². The van der Waals surface area contributed by atoms with Crippen LogP contribution < -0.4 is 4.90 Å². The summed E-state index contributed by atoms with van der Waals surface area (Å²) in [6.07, 6.45) is 2.99. The quantitative estimate of drug-likeness (QED) is 0.749. The van der Waals surface area contributed by atoms with Crippen LogP contribution in [0.2, 0.25) is 0 Å². The molecule has 3 aliphatic rings. The molecule has 1 saturated carbocycles. The van der Waals surface area contributed by atoms with Gasteiger partial charge in [-0.25, -0.2) is 4.79 Å². The van der Waals surface area contributed by atoms with E-state index in [-0.39, 0.29) is 30.1 Å². The van der Waals surface area contributed by atoms with E-state index >= 15 is 0 Å². The summed E-state index contributed by atoms with van der Waals surface area (Å²) in [5.74, 6) is -1.89. The van der Waals surface area contributed by atoms with Crippen LogP contribution in [0.25, 0.3) is 0 Å². The van der Waals surface area contributed by atoms with Gasteiger partial charge in [-0.2, -0.15) is 13.2 Å². The number of carbonyl (C=O) groups is 3. The van der Waals surface area contributed by atoms with Crippen molar-refractivity contribution in [3.63, 3.8) is 0 Å². The van der Waals surface area contributed by atoms with E-state index in [9.17, 15) is 22.8 Å². The number of piperidine rings is 1. The number of morpholine rings is 1. The largest absolute Gasteiger partial charge is 0.490 e. The van der Waals surface area contributed by atoms with E-state index in [1.54, 1.807) is 12.4 Å². The van der Waals surface area contributed by atoms with Crippen LogP contribution in [-0.4, -0.2) is 70.3 Å². The van der Waals surface area contributed by atoms with Crippen molar-refractivity contribution < 1.29 is 37.4 Å². The van der Waals surface area contributed by atoms with Gasteiger partial charge in [0.1, 0.15) is 6.61 Å². The Morgan fingerprint density at radius 3 is 2.41 bits per heavy atom. The van der Waals surface area contributed by atoms with Gasteiger partial charge >= 0.3 is 12.1 Å². The summed E-state index contributed by atoms with van der Waals surface area (Å²) in [7, 11) is 0. The van der Waals surface area contributed by atoms with Crippen molar-refractivity contribution in [3.05, 3.63) is 24.5 Å². The highest BCUT2D eigenvalue weighted by Gasteiger charge is 2.49. The third-order valence-corrected chi connectivity index (χ3v) is 6.19. The number of pyridine rings is 1. The molecular weight excluding hydrogens is 431 g/mol. The monoisotopic (exact) mass is 457 g/mol. The van der Waals surface area contributed by atoms with Crippen LogP contribution in [0.15, 0.2) is 24.5 Å². The van der Waals surface area contributed by atoms with E-state index in [0.717, 1.165) is 18.5 Å². The summed E-state index contributed by atoms with van der Waals surface area (Å²) in [5.41, 5.74) is 0.440. The van der Waals surface area contributed by atoms with Crippen molar-refractivity contribution in [2.24, 2.45) is 5.92 Å². The highest BCUT2D eigenvalue weighted by molar-refractivity contribution is 5.95. The number of ether oxygens (including phenoxy) is 1. The van der Waals surface area contributed by atoms with Gasteiger partial charge in [0.2, 0.25) is 5.91 Å². The zero-order chi connectivity index (χ0) is 23.5. The average Bonchev–Trinajstić information content (AvgIpc) is 3.56. The van der Waals surface area contributed by atoms with Gasteiger partial charge in [-0.05, 0) is 50.7 Å². The number of aromatic nitrogens is 1. The predicted molar refractivity (Wildman–Crippen MR) is 107 cm³/mol. The van der Waals surface area contributed by atoms with Crippen LogP contribution >= 0.6 is 0 Å². The maximum absolute atomic E-state index is 12.4. The van der Waals surface area contributed by atoms with Crippen LogP contribution in [0.5, 0.6) is 0 Å². The molecule has 8 nitrogen and oxygen atoms in total. The first-order chi connectivity index (χ1) is 15.0. The van der Waals surface area contributed by atoms with Crippen molar-refractivity contribution in [2.75, 3.05) is 24.6 Å². The molecule has 0 bridgehead atoms. The minimum Gasteiger partial charge on any atom is -0.475 e.